The third-order valence-corrected chi connectivity index (χ3v) is 3.91. The predicted molar refractivity (Wildman–Crippen MR) is 83.1 cm³/mol. The van der Waals surface area contributed by atoms with Crippen LogP contribution in [0.1, 0.15) is 11.4 Å². The SMILES string of the molecule is Clc1ccc(Cc2nc3c(Br)cc(Cl)cc3[nH]2)cc1. The Hall–Kier alpha value is -1.03. The van der Waals surface area contributed by atoms with Gasteiger partial charge in [-0.2, -0.15) is 0 Å². The maximum absolute atomic E-state index is 6.02. The lowest BCUT2D eigenvalue weighted by Crippen LogP contribution is -1.89. The highest BCUT2D eigenvalue weighted by Crippen LogP contribution is 2.27. The number of aromatic amines is 1. The molecular weight excluding hydrogens is 347 g/mol. The van der Waals surface area contributed by atoms with E-state index in [-0.39, 0.29) is 0 Å². The van der Waals surface area contributed by atoms with Gasteiger partial charge in [-0.3, -0.25) is 0 Å². The molecule has 3 rings (SSSR count). The number of nitrogens with zero attached hydrogens (tertiary/aromatic N) is 1. The third kappa shape index (κ3) is 2.78. The molecule has 3 aromatic rings. The molecule has 2 aromatic carbocycles. The largest absolute Gasteiger partial charge is 0.342 e. The first kappa shape index (κ1) is 13.0. The molecule has 19 heavy (non-hydrogen) atoms. The lowest BCUT2D eigenvalue weighted by atomic mass is 10.1. The average Bonchev–Trinajstić information content (AvgIpc) is 2.75. The molecule has 0 saturated heterocycles. The smallest absolute Gasteiger partial charge is 0.111 e. The van der Waals surface area contributed by atoms with Crippen LogP contribution in [0.4, 0.5) is 0 Å². The van der Waals surface area contributed by atoms with E-state index in [1.54, 1.807) is 0 Å². The van der Waals surface area contributed by atoms with Gasteiger partial charge in [0.25, 0.3) is 0 Å². The minimum Gasteiger partial charge on any atom is -0.342 e. The number of aromatic nitrogens is 2. The van der Waals surface area contributed by atoms with Crippen molar-refractivity contribution < 1.29 is 0 Å². The van der Waals surface area contributed by atoms with Crippen molar-refractivity contribution in [3.05, 3.63) is 62.3 Å². The average molecular weight is 356 g/mol. The van der Waals surface area contributed by atoms with Crippen LogP contribution in [0.15, 0.2) is 40.9 Å². The minimum absolute atomic E-state index is 0.682. The van der Waals surface area contributed by atoms with Crippen molar-refractivity contribution in [1.29, 1.82) is 0 Å². The van der Waals surface area contributed by atoms with Gasteiger partial charge in [0, 0.05) is 20.9 Å². The van der Waals surface area contributed by atoms with Crippen molar-refractivity contribution in [2.75, 3.05) is 0 Å². The van der Waals surface area contributed by atoms with Crippen molar-refractivity contribution in [3.8, 4) is 0 Å². The molecule has 0 fully saturated rings. The van der Waals surface area contributed by atoms with Gasteiger partial charge in [0.15, 0.2) is 0 Å². The van der Waals surface area contributed by atoms with E-state index in [0.717, 1.165) is 38.3 Å². The molecule has 0 aliphatic heterocycles. The molecule has 0 amide bonds. The minimum atomic E-state index is 0.682. The number of nitrogens with one attached hydrogen (secondary N) is 1. The van der Waals surface area contributed by atoms with Gasteiger partial charge >= 0.3 is 0 Å². The molecule has 0 spiro atoms. The molecule has 5 heteroatoms. The highest BCUT2D eigenvalue weighted by Gasteiger charge is 2.08. The molecular formula is C14H9BrCl2N2. The van der Waals surface area contributed by atoms with E-state index in [0.29, 0.717) is 5.02 Å². The zero-order chi connectivity index (χ0) is 13.4. The maximum atomic E-state index is 6.02. The summed E-state index contributed by atoms with van der Waals surface area (Å²) in [5.41, 5.74) is 2.99. The van der Waals surface area contributed by atoms with Crippen molar-refractivity contribution in [2.45, 2.75) is 6.42 Å². The number of hydrogen-bond acceptors (Lipinski definition) is 1. The Morgan fingerprint density at radius 3 is 2.53 bits per heavy atom. The molecule has 0 aliphatic rings. The predicted octanol–water partition coefficient (Wildman–Crippen LogP) is 5.22. The van der Waals surface area contributed by atoms with Gasteiger partial charge in [-0.1, -0.05) is 35.3 Å². The molecule has 0 atom stereocenters. The second kappa shape index (κ2) is 5.16. The van der Waals surface area contributed by atoms with Crippen LogP contribution in [0.2, 0.25) is 10.0 Å². The third-order valence-electron chi connectivity index (χ3n) is 2.84. The number of rotatable bonds is 2. The number of hydrogen-bond donors (Lipinski definition) is 1. The van der Waals surface area contributed by atoms with E-state index in [1.165, 1.54) is 0 Å². The zero-order valence-electron chi connectivity index (χ0n) is 9.75. The van der Waals surface area contributed by atoms with Gasteiger partial charge in [-0.25, -0.2) is 4.98 Å². The van der Waals surface area contributed by atoms with Crippen molar-refractivity contribution >= 4 is 50.2 Å². The molecule has 2 nitrogen and oxygen atoms in total. The number of H-pyrrole nitrogens is 1. The van der Waals surface area contributed by atoms with Gasteiger partial charge in [-0.15, -0.1) is 0 Å². The molecule has 1 heterocycles. The molecule has 1 aromatic heterocycles. The first-order valence-corrected chi connectivity index (χ1v) is 7.25. The van der Waals surface area contributed by atoms with Crippen LogP contribution < -0.4 is 0 Å². The lowest BCUT2D eigenvalue weighted by Gasteiger charge is -1.97. The Bertz CT molecular complexity index is 735. The van der Waals surface area contributed by atoms with Crippen LogP contribution in [0.3, 0.4) is 0 Å². The molecule has 0 saturated carbocycles. The van der Waals surface area contributed by atoms with E-state index in [4.69, 9.17) is 23.2 Å². The summed E-state index contributed by atoms with van der Waals surface area (Å²) in [6.07, 6.45) is 0.732. The summed E-state index contributed by atoms with van der Waals surface area (Å²) in [5, 5.41) is 1.42. The maximum Gasteiger partial charge on any atom is 0.111 e. The first-order valence-electron chi connectivity index (χ1n) is 5.70. The van der Waals surface area contributed by atoms with Crippen molar-refractivity contribution in [3.63, 3.8) is 0 Å². The van der Waals surface area contributed by atoms with Gasteiger partial charge in [0.1, 0.15) is 11.3 Å². The Kier molecular flexibility index (Phi) is 3.52. The Balaban J connectivity index is 1.97. The van der Waals surface area contributed by atoms with Crippen molar-refractivity contribution in [1.82, 2.24) is 9.97 Å². The molecule has 96 valence electrons. The summed E-state index contributed by atoms with van der Waals surface area (Å²) in [6, 6.07) is 11.5. The van der Waals surface area contributed by atoms with Crippen LogP contribution >= 0.6 is 39.1 Å². The fourth-order valence-electron chi connectivity index (χ4n) is 1.97. The van der Waals surface area contributed by atoms with Crippen molar-refractivity contribution in [2.24, 2.45) is 0 Å². The van der Waals surface area contributed by atoms with Crippen LogP contribution in [-0.2, 0) is 6.42 Å². The molecule has 0 aliphatic carbocycles. The van der Waals surface area contributed by atoms with Gasteiger partial charge in [-0.05, 0) is 45.8 Å². The highest BCUT2D eigenvalue weighted by molar-refractivity contribution is 9.10. The quantitative estimate of drug-likeness (QED) is 0.670. The zero-order valence-corrected chi connectivity index (χ0v) is 12.9. The number of benzene rings is 2. The van der Waals surface area contributed by atoms with Crippen LogP contribution in [-0.4, -0.2) is 9.97 Å². The molecule has 0 bridgehead atoms. The van der Waals surface area contributed by atoms with E-state index < -0.39 is 0 Å². The van der Waals surface area contributed by atoms with E-state index >= 15 is 0 Å². The summed E-state index contributed by atoms with van der Waals surface area (Å²) in [4.78, 5) is 7.86. The van der Waals surface area contributed by atoms with Crippen LogP contribution in [0, 0.1) is 0 Å². The topological polar surface area (TPSA) is 28.7 Å². The van der Waals surface area contributed by atoms with Gasteiger partial charge < -0.3 is 4.98 Å². The first-order chi connectivity index (χ1) is 9.11. The standard InChI is InChI=1S/C14H9BrCl2N2/c15-11-6-10(17)7-12-14(11)19-13(18-12)5-8-1-3-9(16)4-2-8/h1-4,6-7H,5H2,(H,18,19). The number of imidazole rings is 1. The van der Waals surface area contributed by atoms with E-state index in [1.807, 2.05) is 36.4 Å². The van der Waals surface area contributed by atoms with Gasteiger partial charge in [0.05, 0.1) is 5.52 Å². The van der Waals surface area contributed by atoms with Crippen LogP contribution in [0.5, 0.6) is 0 Å². The normalized spacial score (nSPS) is 11.1. The number of fused-ring (bicyclic) bond motifs is 1. The summed E-state index contributed by atoms with van der Waals surface area (Å²) in [7, 11) is 0. The van der Waals surface area contributed by atoms with Crippen LogP contribution in [0.25, 0.3) is 11.0 Å². The highest BCUT2D eigenvalue weighted by atomic mass is 79.9. The lowest BCUT2D eigenvalue weighted by molar-refractivity contribution is 1.04. The Morgan fingerprint density at radius 2 is 1.79 bits per heavy atom. The Labute approximate surface area is 128 Å². The molecule has 0 unspecified atom stereocenters. The molecule has 0 radical (unpaired) electrons. The summed E-state index contributed by atoms with van der Waals surface area (Å²) >= 11 is 15.4. The second-order valence-corrected chi connectivity index (χ2v) is 6.00. The van der Waals surface area contributed by atoms with E-state index in [9.17, 15) is 0 Å². The Morgan fingerprint density at radius 1 is 1.05 bits per heavy atom. The molecule has 1 N–H and O–H groups in total. The second-order valence-electron chi connectivity index (χ2n) is 4.27. The summed E-state index contributed by atoms with van der Waals surface area (Å²) in [5.74, 6) is 0.903. The fraction of sp³-hybridized carbons (Fsp3) is 0.0714. The van der Waals surface area contributed by atoms with E-state index in [2.05, 4.69) is 25.9 Å². The van der Waals surface area contributed by atoms with Gasteiger partial charge in [0.2, 0.25) is 0 Å². The number of halogens is 3. The summed E-state index contributed by atoms with van der Waals surface area (Å²) in [6.45, 7) is 0. The monoisotopic (exact) mass is 354 g/mol. The fourth-order valence-corrected chi connectivity index (χ4v) is 3.00. The summed E-state index contributed by atoms with van der Waals surface area (Å²) < 4.78 is 0.897.